The van der Waals surface area contributed by atoms with E-state index in [2.05, 4.69) is 0 Å². The Labute approximate surface area is 119 Å². The van der Waals surface area contributed by atoms with Crippen molar-refractivity contribution >= 4 is 23.0 Å². The summed E-state index contributed by atoms with van der Waals surface area (Å²) in [6, 6.07) is 6.10. The summed E-state index contributed by atoms with van der Waals surface area (Å²) in [4.78, 5) is 12.6. The van der Waals surface area contributed by atoms with Gasteiger partial charge in [-0.2, -0.15) is 0 Å². The van der Waals surface area contributed by atoms with Crippen molar-refractivity contribution in [3.8, 4) is 16.2 Å². The summed E-state index contributed by atoms with van der Waals surface area (Å²) < 4.78 is 23.8. The smallest absolute Gasteiger partial charge is 0.350 e. The van der Waals surface area contributed by atoms with Crippen LogP contribution < -0.4 is 10.5 Å². The summed E-state index contributed by atoms with van der Waals surface area (Å²) in [5.74, 6) is -0.488. The Hall–Kier alpha value is -2.08. The number of rotatable bonds is 4. The Bertz CT molecular complexity index is 639. The van der Waals surface area contributed by atoms with E-state index in [0.29, 0.717) is 21.9 Å². The lowest BCUT2D eigenvalue weighted by atomic mass is 10.1. The Kier molecular flexibility index (Phi) is 4.24. The van der Waals surface area contributed by atoms with Gasteiger partial charge in [0.05, 0.1) is 19.4 Å². The van der Waals surface area contributed by atoms with Gasteiger partial charge >= 0.3 is 5.97 Å². The minimum Gasteiger partial charge on any atom is -0.497 e. The second-order valence-electron chi connectivity index (χ2n) is 3.96. The monoisotopic (exact) mass is 295 g/mol. The molecule has 6 heteroatoms. The minimum absolute atomic E-state index is 0.266. The molecular weight excluding hydrogens is 281 g/mol. The first-order valence-electron chi connectivity index (χ1n) is 5.97. The molecular formula is C14H14FNO3S. The third-order valence-electron chi connectivity index (χ3n) is 2.66. The Morgan fingerprint density at radius 3 is 2.75 bits per heavy atom. The van der Waals surface area contributed by atoms with Crippen molar-refractivity contribution in [2.75, 3.05) is 19.5 Å². The van der Waals surface area contributed by atoms with E-state index in [1.807, 2.05) is 0 Å². The molecule has 0 unspecified atom stereocenters. The van der Waals surface area contributed by atoms with Gasteiger partial charge in [-0.1, -0.05) is 0 Å². The summed E-state index contributed by atoms with van der Waals surface area (Å²) in [5.41, 5.74) is 6.44. The first kappa shape index (κ1) is 14.3. The molecule has 0 amide bonds. The lowest BCUT2D eigenvalue weighted by Gasteiger charge is -2.03. The molecule has 2 N–H and O–H groups in total. The molecule has 0 fully saturated rings. The molecule has 4 nitrogen and oxygen atoms in total. The van der Waals surface area contributed by atoms with E-state index in [1.165, 1.54) is 13.2 Å². The van der Waals surface area contributed by atoms with Gasteiger partial charge in [-0.05, 0) is 25.1 Å². The maximum atomic E-state index is 14.0. The number of nitrogen functional groups attached to an aromatic ring is 1. The number of nitrogens with two attached hydrogens (primary N) is 1. The normalized spacial score (nSPS) is 10.3. The van der Waals surface area contributed by atoms with Crippen LogP contribution in [-0.2, 0) is 4.74 Å². The van der Waals surface area contributed by atoms with Gasteiger partial charge in [0.25, 0.3) is 0 Å². The van der Waals surface area contributed by atoms with E-state index < -0.39 is 11.8 Å². The molecule has 0 aliphatic carbocycles. The lowest BCUT2D eigenvalue weighted by molar-refractivity contribution is 0.0533. The lowest BCUT2D eigenvalue weighted by Crippen LogP contribution is -2.04. The quantitative estimate of drug-likeness (QED) is 0.879. The van der Waals surface area contributed by atoms with Crippen molar-refractivity contribution in [3.63, 3.8) is 0 Å². The van der Waals surface area contributed by atoms with Crippen LogP contribution in [0.15, 0.2) is 24.3 Å². The molecule has 1 aromatic heterocycles. The molecule has 0 saturated carbocycles. The highest BCUT2D eigenvalue weighted by Crippen LogP contribution is 2.36. The number of hydrogen-bond acceptors (Lipinski definition) is 5. The average Bonchev–Trinajstić information content (AvgIpc) is 2.80. The Morgan fingerprint density at radius 2 is 2.15 bits per heavy atom. The second kappa shape index (κ2) is 5.92. The number of carbonyl (C=O) groups excluding carboxylic acids is 1. The molecule has 1 aromatic carbocycles. The third kappa shape index (κ3) is 2.75. The fourth-order valence-electron chi connectivity index (χ4n) is 1.72. The van der Waals surface area contributed by atoms with Crippen LogP contribution in [-0.4, -0.2) is 19.7 Å². The molecule has 1 heterocycles. The number of benzene rings is 1. The Morgan fingerprint density at radius 1 is 1.40 bits per heavy atom. The highest BCUT2D eigenvalue weighted by atomic mass is 32.1. The fourth-order valence-corrected chi connectivity index (χ4v) is 2.72. The largest absolute Gasteiger partial charge is 0.497 e. The molecule has 0 atom stereocenters. The first-order valence-corrected chi connectivity index (χ1v) is 6.78. The Balaban J connectivity index is 2.39. The van der Waals surface area contributed by atoms with E-state index in [0.717, 1.165) is 11.3 Å². The van der Waals surface area contributed by atoms with Gasteiger partial charge in [-0.15, -0.1) is 11.3 Å². The van der Waals surface area contributed by atoms with Gasteiger partial charge in [0.2, 0.25) is 0 Å². The average molecular weight is 295 g/mol. The number of hydrogen-bond donors (Lipinski definition) is 1. The first-order chi connectivity index (χ1) is 9.56. The zero-order valence-corrected chi connectivity index (χ0v) is 11.9. The predicted molar refractivity (Wildman–Crippen MR) is 76.6 cm³/mol. The van der Waals surface area contributed by atoms with Crippen LogP contribution in [0.1, 0.15) is 16.6 Å². The van der Waals surface area contributed by atoms with Crippen LogP contribution in [0, 0.1) is 5.82 Å². The zero-order chi connectivity index (χ0) is 14.7. The molecule has 0 saturated heterocycles. The molecule has 0 aliphatic rings. The van der Waals surface area contributed by atoms with Crippen molar-refractivity contribution in [1.29, 1.82) is 0 Å². The van der Waals surface area contributed by atoms with Crippen LogP contribution >= 0.6 is 11.3 Å². The maximum Gasteiger partial charge on any atom is 0.350 e. The number of anilines is 1. The molecule has 0 bridgehead atoms. The number of halogens is 1. The van der Waals surface area contributed by atoms with Gasteiger partial charge in [0, 0.05) is 16.5 Å². The number of methoxy groups -OCH3 is 1. The van der Waals surface area contributed by atoms with Gasteiger partial charge in [0.1, 0.15) is 16.4 Å². The van der Waals surface area contributed by atoms with E-state index in [-0.39, 0.29) is 11.5 Å². The van der Waals surface area contributed by atoms with Gasteiger partial charge in [-0.25, -0.2) is 9.18 Å². The van der Waals surface area contributed by atoms with Gasteiger partial charge in [0.15, 0.2) is 0 Å². The zero-order valence-electron chi connectivity index (χ0n) is 11.1. The van der Waals surface area contributed by atoms with E-state index in [1.54, 1.807) is 25.1 Å². The third-order valence-corrected chi connectivity index (χ3v) is 3.83. The standard InChI is InChI=1S/C14H14FNO3S/c1-3-19-14(17)13-11(16)7-12(20-13)9-5-4-8(18-2)6-10(9)15/h4-7H,3,16H2,1-2H3. The highest BCUT2D eigenvalue weighted by Gasteiger charge is 2.18. The molecule has 0 aliphatic heterocycles. The fraction of sp³-hybridized carbons (Fsp3) is 0.214. The van der Waals surface area contributed by atoms with Crippen molar-refractivity contribution in [3.05, 3.63) is 35.0 Å². The molecule has 0 spiro atoms. The van der Waals surface area contributed by atoms with Crippen molar-refractivity contribution in [2.24, 2.45) is 0 Å². The number of ether oxygens (including phenoxy) is 2. The highest BCUT2D eigenvalue weighted by molar-refractivity contribution is 7.18. The summed E-state index contributed by atoms with van der Waals surface area (Å²) in [7, 11) is 1.47. The number of thiophene rings is 1. The number of esters is 1. The predicted octanol–water partition coefficient (Wildman–Crippen LogP) is 3.32. The van der Waals surface area contributed by atoms with E-state index in [9.17, 15) is 9.18 Å². The molecule has 0 radical (unpaired) electrons. The molecule has 2 rings (SSSR count). The van der Waals surface area contributed by atoms with Crippen LogP contribution in [0.25, 0.3) is 10.4 Å². The minimum atomic E-state index is -0.491. The summed E-state index contributed by atoms with van der Waals surface area (Å²) in [6.07, 6.45) is 0. The van der Waals surface area contributed by atoms with Gasteiger partial charge in [-0.3, -0.25) is 0 Å². The van der Waals surface area contributed by atoms with Crippen LogP contribution in [0.5, 0.6) is 5.75 Å². The summed E-state index contributed by atoms with van der Waals surface area (Å²) in [6.45, 7) is 1.98. The van der Waals surface area contributed by atoms with E-state index >= 15 is 0 Å². The maximum absolute atomic E-state index is 14.0. The molecule has 20 heavy (non-hydrogen) atoms. The number of carbonyl (C=O) groups is 1. The molecule has 2 aromatic rings. The van der Waals surface area contributed by atoms with Gasteiger partial charge < -0.3 is 15.2 Å². The van der Waals surface area contributed by atoms with Crippen LogP contribution in [0.3, 0.4) is 0 Å². The van der Waals surface area contributed by atoms with Crippen molar-refractivity contribution in [2.45, 2.75) is 6.92 Å². The van der Waals surface area contributed by atoms with Crippen molar-refractivity contribution in [1.82, 2.24) is 0 Å². The topological polar surface area (TPSA) is 61.5 Å². The van der Waals surface area contributed by atoms with Crippen LogP contribution in [0.2, 0.25) is 0 Å². The summed E-state index contributed by atoms with van der Waals surface area (Å²) in [5, 5.41) is 0. The second-order valence-corrected chi connectivity index (χ2v) is 5.01. The van der Waals surface area contributed by atoms with E-state index in [4.69, 9.17) is 15.2 Å². The SMILES string of the molecule is CCOC(=O)c1sc(-c2ccc(OC)cc2F)cc1N. The van der Waals surface area contributed by atoms with Crippen molar-refractivity contribution < 1.29 is 18.7 Å². The summed E-state index contributed by atoms with van der Waals surface area (Å²) >= 11 is 1.11. The van der Waals surface area contributed by atoms with Crippen LogP contribution in [0.4, 0.5) is 10.1 Å². The molecule has 106 valence electrons.